The van der Waals surface area contributed by atoms with Gasteiger partial charge in [-0.3, -0.25) is 0 Å². The third-order valence-corrected chi connectivity index (χ3v) is 6.91. The highest BCUT2D eigenvalue weighted by Crippen LogP contribution is 2.08. The Morgan fingerprint density at radius 2 is 0.375 bits per heavy atom. The second kappa shape index (κ2) is 14.1. The van der Waals surface area contributed by atoms with Crippen molar-refractivity contribution in [3.63, 3.8) is 0 Å². The third-order valence-electron chi connectivity index (χ3n) is 6.91. The summed E-state index contributed by atoms with van der Waals surface area (Å²) < 4.78 is 0. The lowest BCUT2D eigenvalue weighted by molar-refractivity contribution is 1.25. The Balaban J connectivity index is 1.22. The molecule has 10 rings (SSSR count). The molecular formula is C45H21N3. The van der Waals surface area contributed by atoms with E-state index in [1.165, 1.54) is 0 Å². The van der Waals surface area contributed by atoms with Crippen LogP contribution in [0.1, 0.15) is 67.5 Å². The average molecular weight is 604 g/mol. The number of benzene rings is 3. The number of hydrogen-bond acceptors (Lipinski definition) is 3. The van der Waals surface area contributed by atoms with Crippen LogP contribution in [0.15, 0.2) is 127 Å². The van der Waals surface area contributed by atoms with Crippen molar-refractivity contribution in [2.45, 2.75) is 0 Å². The zero-order chi connectivity index (χ0) is 32.4. The van der Waals surface area contributed by atoms with E-state index in [0.29, 0.717) is 34.2 Å². The fraction of sp³-hybridized carbons (Fsp3) is 0. The van der Waals surface area contributed by atoms with Gasteiger partial charge in [0.15, 0.2) is 0 Å². The lowest BCUT2D eigenvalue weighted by Crippen LogP contribution is -1.88. The Labute approximate surface area is 280 Å². The monoisotopic (exact) mass is 603 g/mol. The van der Waals surface area contributed by atoms with Crippen molar-refractivity contribution in [2.75, 3.05) is 0 Å². The lowest BCUT2D eigenvalue weighted by atomic mass is 10.1. The zero-order valence-electron chi connectivity index (χ0n) is 25.5. The number of pyridine rings is 3. The van der Waals surface area contributed by atoms with Gasteiger partial charge in [0.05, 0.1) is 0 Å². The standard InChI is InChI=1S/C45H21N3/c1-4-40-28-22-34-10-14-36(15-11-34)24-30-42-6-2-8-44(47-42)32-26-38-18-20-39(21-19-38)27-33-45-9-3-7-43(48-45)31-25-37-16-12-35(13-17-37)23-29-41(5-1)46-40/h1-21H. The Kier molecular flexibility index (Phi) is 8.55. The van der Waals surface area contributed by atoms with E-state index in [4.69, 9.17) is 0 Å². The van der Waals surface area contributed by atoms with Gasteiger partial charge in [-0.1, -0.05) is 53.7 Å². The number of aromatic nitrogens is 3. The first-order valence-electron chi connectivity index (χ1n) is 15.0. The van der Waals surface area contributed by atoms with Gasteiger partial charge < -0.3 is 0 Å². The maximum atomic E-state index is 4.60. The maximum absolute atomic E-state index is 4.60. The van der Waals surface area contributed by atoms with Crippen molar-refractivity contribution < 1.29 is 0 Å². The van der Waals surface area contributed by atoms with Crippen LogP contribution in [0, 0.1) is 71.0 Å². The van der Waals surface area contributed by atoms with Crippen LogP contribution in [0.25, 0.3) is 0 Å². The minimum atomic E-state index is 0.646. The van der Waals surface area contributed by atoms with Gasteiger partial charge in [0, 0.05) is 33.4 Å². The minimum Gasteiger partial charge on any atom is -0.231 e. The summed E-state index contributed by atoms with van der Waals surface area (Å²) in [6.07, 6.45) is 0. The van der Waals surface area contributed by atoms with Crippen LogP contribution >= 0.6 is 0 Å². The van der Waals surface area contributed by atoms with Crippen molar-refractivity contribution >= 4 is 0 Å². The molecule has 3 aromatic carbocycles. The summed E-state index contributed by atoms with van der Waals surface area (Å²) in [7, 11) is 0. The molecule has 3 heteroatoms. The van der Waals surface area contributed by atoms with Crippen LogP contribution in [0.5, 0.6) is 0 Å². The summed E-state index contributed by atoms with van der Waals surface area (Å²) in [5, 5.41) is 0. The van der Waals surface area contributed by atoms with E-state index in [0.717, 1.165) is 33.4 Å². The molecule has 0 saturated carbocycles. The van der Waals surface area contributed by atoms with Crippen molar-refractivity contribution in [1.29, 1.82) is 0 Å². The van der Waals surface area contributed by atoms with E-state index in [2.05, 4.69) is 86.0 Å². The molecule has 0 unspecified atom stereocenters. The molecule has 7 heterocycles. The second-order valence-electron chi connectivity index (χ2n) is 10.5. The molecule has 3 nitrogen and oxygen atoms in total. The van der Waals surface area contributed by atoms with E-state index in [-0.39, 0.29) is 0 Å². The predicted octanol–water partition coefficient (Wildman–Crippen LogP) is 6.58. The molecule has 0 atom stereocenters. The molecule has 4 aliphatic heterocycles. The van der Waals surface area contributed by atoms with E-state index < -0.39 is 0 Å². The first kappa shape index (κ1) is 29.2. The Bertz CT molecular complexity index is 2100. The topological polar surface area (TPSA) is 38.7 Å². The highest BCUT2D eigenvalue weighted by molar-refractivity contribution is 5.51. The van der Waals surface area contributed by atoms with Gasteiger partial charge in [0.1, 0.15) is 34.2 Å². The van der Waals surface area contributed by atoms with Crippen molar-refractivity contribution in [3.05, 3.63) is 195 Å². The largest absolute Gasteiger partial charge is 0.231 e. The molecule has 0 N–H and O–H groups in total. The van der Waals surface area contributed by atoms with E-state index >= 15 is 0 Å². The Morgan fingerprint density at radius 1 is 0.208 bits per heavy atom. The number of rotatable bonds is 0. The van der Waals surface area contributed by atoms with Crippen LogP contribution in [0.4, 0.5) is 0 Å². The van der Waals surface area contributed by atoms with E-state index in [1.54, 1.807) is 0 Å². The molecule has 12 bridgehead atoms. The fourth-order valence-corrected chi connectivity index (χ4v) is 4.45. The van der Waals surface area contributed by atoms with Crippen LogP contribution in [0.3, 0.4) is 0 Å². The summed E-state index contributed by atoms with van der Waals surface area (Å²) in [6, 6.07) is 40.3. The number of fused-ring (bicyclic) bond motifs is 3. The molecule has 0 fully saturated rings. The van der Waals surface area contributed by atoms with E-state index in [9.17, 15) is 0 Å². The quantitative estimate of drug-likeness (QED) is 0.184. The van der Waals surface area contributed by atoms with Gasteiger partial charge in [0.25, 0.3) is 0 Å². The summed E-state index contributed by atoms with van der Waals surface area (Å²) in [4.78, 5) is 13.8. The predicted molar refractivity (Wildman–Crippen MR) is 188 cm³/mol. The molecule has 0 spiro atoms. The summed E-state index contributed by atoms with van der Waals surface area (Å²) >= 11 is 0. The highest BCUT2D eigenvalue weighted by atomic mass is 14.7. The van der Waals surface area contributed by atoms with Gasteiger partial charge in [0.2, 0.25) is 0 Å². The van der Waals surface area contributed by atoms with Crippen LogP contribution in [-0.2, 0) is 0 Å². The van der Waals surface area contributed by atoms with Gasteiger partial charge in [-0.2, -0.15) is 0 Å². The molecule has 3 aromatic heterocycles. The summed E-state index contributed by atoms with van der Waals surface area (Å²) in [5.74, 6) is 37.9. The summed E-state index contributed by atoms with van der Waals surface area (Å²) in [6.45, 7) is 0. The molecule has 48 heavy (non-hydrogen) atoms. The van der Waals surface area contributed by atoms with Crippen molar-refractivity contribution in [2.24, 2.45) is 0 Å². The molecule has 6 aromatic rings. The Hall–Kier alpha value is -7.53. The SMILES string of the molecule is C1#Cc2cccc(n2)C#Cc2ccc(cc2)C#Cc2cccc(n2)C#Cc2ccc(cc2)C#Cc2cccc(n2)C#Cc2ccc1cc2. The first-order valence-corrected chi connectivity index (χ1v) is 15.0. The molecule has 0 amide bonds. The molecular weight excluding hydrogens is 583 g/mol. The second-order valence-corrected chi connectivity index (χ2v) is 10.5. The molecule has 0 radical (unpaired) electrons. The highest BCUT2D eigenvalue weighted by Gasteiger charge is 1.97. The van der Waals surface area contributed by atoms with Gasteiger partial charge in [-0.15, -0.1) is 0 Å². The van der Waals surface area contributed by atoms with Gasteiger partial charge in [-0.05, 0) is 145 Å². The van der Waals surface area contributed by atoms with Gasteiger partial charge in [-0.25, -0.2) is 15.0 Å². The number of nitrogens with zero attached hydrogens (tertiary/aromatic N) is 3. The molecule has 0 saturated heterocycles. The van der Waals surface area contributed by atoms with E-state index in [1.807, 2.05) is 127 Å². The molecule has 0 aliphatic carbocycles. The first-order chi connectivity index (χ1) is 23.7. The smallest absolute Gasteiger partial charge is 0.115 e. The summed E-state index contributed by atoms with van der Waals surface area (Å²) in [5.41, 5.74) is 9.06. The van der Waals surface area contributed by atoms with Crippen molar-refractivity contribution in [1.82, 2.24) is 15.0 Å². The van der Waals surface area contributed by atoms with Crippen LogP contribution in [0.2, 0.25) is 0 Å². The zero-order valence-corrected chi connectivity index (χ0v) is 25.5. The average Bonchev–Trinajstić information content (AvgIpc) is 3.14. The lowest BCUT2D eigenvalue weighted by Gasteiger charge is -1.95. The van der Waals surface area contributed by atoms with Crippen molar-refractivity contribution in [3.8, 4) is 71.0 Å². The molecule has 216 valence electrons. The Morgan fingerprint density at radius 3 is 0.542 bits per heavy atom. The fourth-order valence-electron chi connectivity index (χ4n) is 4.45. The normalized spacial score (nSPS) is 10.5. The minimum absolute atomic E-state index is 0.646. The van der Waals surface area contributed by atoms with Gasteiger partial charge >= 0.3 is 0 Å². The maximum Gasteiger partial charge on any atom is 0.115 e. The third kappa shape index (κ3) is 7.94. The van der Waals surface area contributed by atoms with Crippen LogP contribution < -0.4 is 0 Å². The van der Waals surface area contributed by atoms with Crippen LogP contribution in [-0.4, -0.2) is 15.0 Å². The number of hydrogen-bond donors (Lipinski definition) is 0. The molecule has 4 aliphatic rings.